The second kappa shape index (κ2) is 6.32. The highest BCUT2D eigenvalue weighted by atomic mass is 19.1. The molecule has 1 heterocycles. The van der Waals surface area contributed by atoms with Gasteiger partial charge in [-0.3, -0.25) is 0 Å². The Morgan fingerprint density at radius 2 is 2.37 bits per heavy atom. The zero-order valence-electron chi connectivity index (χ0n) is 11.4. The van der Waals surface area contributed by atoms with Crippen molar-refractivity contribution in [3.8, 4) is 5.75 Å². The van der Waals surface area contributed by atoms with Crippen LogP contribution in [0.3, 0.4) is 0 Å². The summed E-state index contributed by atoms with van der Waals surface area (Å²) in [4.78, 5) is 2.20. The summed E-state index contributed by atoms with van der Waals surface area (Å²) in [5, 5.41) is 0. The number of ether oxygens (including phenoxy) is 2. The Morgan fingerprint density at radius 3 is 3.05 bits per heavy atom. The Morgan fingerprint density at radius 1 is 1.58 bits per heavy atom. The number of halogens is 1. The normalized spacial score (nSPS) is 22.2. The molecule has 0 saturated carbocycles. The summed E-state index contributed by atoms with van der Waals surface area (Å²) in [6.07, 6.45) is 0.0460. The van der Waals surface area contributed by atoms with E-state index in [4.69, 9.17) is 15.2 Å². The number of likely N-dealkylation sites (N-methyl/N-ethyl adjacent to an activating group) is 1. The molecule has 1 saturated heterocycles. The molecule has 2 rings (SSSR count). The van der Waals surface area contributed by atoms with Crippen molar-refractivity contribution in [3.05, 3.63) is 29.6 Å². The fourth-order valence-corrected chi connectivity index (χ4v) is 2.16. The lowest BCUT2D eigenvalue weighted by Crippen LogP contribution is -2.42. The van der Waals surface area contributed by atoms with E-state index in [1.807, 2.05) is 6.92 Å². The molecule has 1 aromatic carbocycles. The molecular formula is C14H21FN2O2. The van der Waals surface area contributed by atoms with Crippen molar-refractivity contribution < 1.29 is 13.9 Å². The van der Waals surface area contributed by atoms with Gasteiger partial charge in [-0.15, -0.1) is 0 Å². The first kappa shape index (κ1) is 14.2. The number of nitrogens with two attached hydrogens (primary N) is 1. The fourth-order valence-electron chi connectivity index (χ4n) is 2.16. The molecule has 1 aliphatic rings. The topological polar surface area (TPSA) is 47.7 Å². The molecule has 0 spiro atoms. The quantitative estimate of drug-likeness (QED) is 0.900. The third kappa shape index (κ3) is 3.89. The minimum absolute atomic E-state index is 0.0460. The molecule has 5 heteroatoms. The van der Waals surface area contributed by atoms with Gasteiger partial charge >= 0.3 is 0 Å². The van der Waals surface area contributed by atoms with Crippen molar-refractivity contribution in [3.63, 3.8) is 0 Å². The molecule has 0 radical (unpaired) electrons. The Labute approximate surface area is 113 Å². The van der Waals surface area contributed by atoms with Gasteiger partial charge in [0, 0.05) is 24.7 Å². The number of rotatable bonds is 4. The van der Waals surface area contributed by atoms with Gasteiger partial charge in [0.2, 0.25) is 0 Å². The molecule has 19 heavy (non-hydrogen) atoms. The maximum atomic E-state index is 13.2. The molecule has 1 fully saturated rings. The van der Waals surface area contributed by atoms with Gasteiger partial charge in [0.15, 0.2) is 0 Å². The molecule has 2 atom stereocenters. The van der Waals surface area contributed by atoms with Crippen LogP contribution in [-0.2, 0) is 4.74 Å². The van der Waals surface area contributed by atoms with E-state index in [-0.39, 0.29) is 18.0 Å². The Bertz CT molecular complexity index is 426. The molecule has 0 bridgehead atoms. The van der Waals surface area contributed by atoms with E-state index < -0.39 is 0 Å². The molecule has 0 amide bonds. The van der Waals surface area contributed by atoms with Gasteiger partial charge in [-0.1, -0.05) is 0 Å². The van der Waals surface area contributed by atoms with E-state index in [9.17, 15) is 4.39 Å². The van der Waals surface area contributed by atoms with Crippen LogP contribution in [0.4, 0.5) is 4.39 Å². The smallest absolute Gasteiger partial charge is 0.124 e. The second-order valence-electron chi connectivity index (χ2n) is 5.04. The zero-order chi connectivity index (χ0) is 13.8. The summed E-state index contributed by atoms with van der Waals surface area (Å²) in [5.74, 6) is 0.335. The summed E-state index contributed by atoms with van der Waals surface area (Å²) in [6, 6.07) is 4.17. The summed E-state index contributed by atoms with van der Waals surface area (Å²) >= 11 is 0. The molecule has 1 aliphatic heterocycles. The van der Waals surface area contributed by atoms with Gasteiger partial charge < -0.3 is 20.1 Å². The van der Waals surface area contributed by atoms with E-state index in [0.717, 1.165) is 13.1 Å². The maximum Gasteiger partial charge on any atom is 0.124 e. The molecule has 0 aromatic heterocycles. The number of hydrogen-bond donors (Lipinski definition) is 1. The van der Waals surface area contributed by atoms with Crippen molar-refractivity contribution in [2.24, 2.45) is 5.73 Å². The highest BCUT2D eigenvalue weighted by molar-refractivity contribution is 5.36. The lowest BCUT2D eigenvalue weighted by Gasteiger charge is -2.30. The van der Waals surface area contributed by atoms with Crippen LogP contribution in [-0.4, -0.2) is 44.4 Å². The number of nitrogens with zero attached hydrogens (tertiary/aromatic N) is 1. The predicted molar refractivity (Wildman–Crippen MR) is 71.7 cm³/mol. The lowest BCUT2D eigenvalue weighted by molar-refractivity contribution is -0.0405. The standard InChI is InChI=1S/C14H21FN2O2/c1-10(16)13-7-11(15)3-4-14(13)19-9-12-8-17(2)5-6-18-12/h3-4,7,10,12H,5-6,8-9,16H2,1-2H3/t10-,12?/m0/s1. The minimum Gasteiger partial charge on any atom is -0.490 e. The van der Waals surface area contributed by atoms with E-state index in [1.54, 1.807) is 6.07 Å². The van der Waals surface area contributed by atoms with Crippen molar-refractivity contribution in [1.29, 1.82) is 0 Å². The van der Waals surface area contributed by atoms with Crippen LogP contribution in [0.25, 0.3) is 0 Å². The third-order valence-electron chi connectivity index (χ3n) is 3.23. The van der Waals surface area contributed by atoms with Gasteiger partial charge in [0.25, 0.3) is 0 Å². The first-order chi connectivity index (χ1) is 9.06. The lowest BCUT2D eigenvalue weighted by atomic mass is 10.1. The number of hydrogen-bond acceptors (Lipinski definition) is 4. The Balaban J connectivity index is 1.99. The van der Waals surface area contributed by atoms with Crippen LogP contribution in [0.5, 0.6) is 5.75 Å². The monoisotopic (exact) mass is 268 g/mol. The Hall–Kier alpha value is -1.17. The van der Waals surface area contributed by atoms with Gasteiger partial charge in [-0.05, 0) is 32.2 Å². The highest BCUT2D eigenvalue weighted by Gasteiger charge is 2.19. The van der Waals surface area contributed by atoms with Crippen molar-refractivity contribution in [2.75, 3.05) is 33.4 Å². The molecule has 4 nitrogen and oxygen atoms in total. The average molecular weight is 268 g/mol. The predicted octanol–water partition coefficient (Wildman–Crippen LogP) is 1.55. The highest BCUT2D eigenvalue weighted by Crippen LogP contribution is 2.25. The van der Waals surface area contributed by atoms with Gasteiger partial charge in [0.05, 0.1) is 6.61 Å². The molecule has 0 aliphatic carbocycles. The van der Waals surface area contributed by atoms with Crippen molar-refractivity contribution >= 4 is 0 Å². The van der Waals surface area contributed by atoms with E-state index in [2.05, 4.69) is 11.9 Å². The Kier molecular flexibility index (Phi) is 4.74. The first-order valence-electron chi connectivity index (χ1n) is 6.54. The largest absolute Gasteiger partial charge is 0.490 e. The summed E-state index contributed by atoms with van der Waals surface area (Å²) < 4.78 is 24.6. The van der Waals surface area contributed by atoms with Gasteiger partial charge in [-0.25, -0.2) is 4.39 Å². The van der Waals surface area contributed by atoms with E-state index in [0.29, 0.717) is 24.5 Å². The van der Waals surface area contributed by atoms with Crippen LogP contribution in [0.1, 0.15) is 18.5 Å². The molecule has 106 valence electrons. The van der Waals surface area contributed by atoms with Crippen LogP contribution in [0.15, 0.2) is 18.2 Å². The summed E-state index contributed by atoms with van der Waals surface area (Å²) in [5.41, 5.74) is 6.51. The van der Waals surface area contributed by atoms with Crippen molar-refractivity contribution in [2.45, 2.75) is 19.1 Å². The van der Waals surface area contributed by atoms with Gasteiger partial charge in [0.1, 0.15) is 24.3 Å². The average Bonchev–Trinajstić information content (AvgIpc) is 2.37. The summed E-state index contributed by atoms with van der Waals surface area (Å²) in [6.45, 7) is 4.77. The van der Waals surface area contributed by atoms with Crippen LogP contribution < -0.4 is 10.5 Å². The first-order valence-corrected chi connectivity index (χ1v) is 6.54. The number of benzene rings is 1. The molecule has 2 N–H and O–H groups in total. The van der Waals surface area contributed by atoms with E-state index >= 15 is 0 Å². The van der Waals surface area contributed by atoms with Crippen LogP contribution in [0.2, 0.25) is 0 Å². The van der Waals surface area contributed by atoms with E-state index in [1.165, 1.54) is 12.1 Å². The molecular weight excluding hydrogens is 247 g/mol. The fraction of sp³-hybridized carbons (Fsp3) is 0.571. The van der Waals surface area contributed by atoms with Crippen LogP contribution >= 0.6 is 0 Å². The molecule has 1 aromatic rings. The van der Waals surface area contributed by atoms with Crippen LogP contribution in [0, 0.1) is 5.82 Å². The molecule has 1 unspecified atom stereocenters. The van der Waals surface area contributed by atoms with Crippen molar-refractivity contribution in [1.82, 2.24) is 4.90 Å². The second-order valence-corrected chi connectivity index (χ2v) is 5.04. The summed E-state index contributed by atoms with van der Waals surface area (Å²) in [7, 11) is 2.06. The maximum absolute atomic E-state index is 13.2. The minimum atomic E-state index is -0.298. The van der Waals surface area contributed by atoms with Gasteiger partial charge in [-0.2, -0.15) is 0 Å². The zero-order valence-corrected chi connectivity index (χ0v) is 11.4. The SMILES string of the molecule is C[C@H](N)c1cc(F)ccc1OCC1CN(C)CCO1. The third-order valence-corrected chi connectivity index (χ3v) is 3.23. The number of morpholine rings is 1.